The minimum Gasteiger partial charge on any atom is -0.340 e. The second kappa shape index (κ2) is 5.28. The molecule has 1 N–H and O–H groups in total. The number of amides is 3. The van der Waals surface area contributed by atoms with Crippen LogP contribution in [0, 0.1) is 5.41 Å². The number of thiol groups is 1. The third kappa shape index (κ3) is 2.11. The van der Waals surface area contributed by atoms with Crippen molar-refractivity contribution in [2.24, 2.45) is 5.41 Å². The lowest BCUT2D eigenvalue weighted by Gasteiger charge is -2.53. The van der Waals surface area contributed by atoms with Gasteiger partial charge in [0.1, 0.15) is 6.04 Å². The molecule has 4 saturated heterocycles. The van der Waals surface area contributed by atoms with Crippen molar-refractivity contribution in [3.05, 3.63) is 0 Å². The van der Waals surface area contributed by atoms with Gasteiger partial charge in [0.25, 0.3) is 0 Å². The molecule has 4 rings (SSSR count). The number of hydrogen-bond acceptors (Lipinski definition) is 5. The molecule has 0 aromatic rings. The van der Waals surface area contributed by atoms with E-state index in [1.54, 1.807) is 4.90 Å². The Morgan fingerprint density at radius 3 is 2.68 bits per heavy atom. The van der Waals surface area contributed by atoms with Gasteiger partial charge in [-0.05, 0) is 38.8 Å². The van der Waals surface area contributed by atoms with Crippen LogP contribution in [0.5, 0.6) is 0 Å². The van der Waals surface area contributed by atoms with Gasteiger partial charge in [0.15, 0.2) is 0 Å². The van der Waals surface area contributed by atoms with Crippen molar-refractivity contribution in [3.63, 3.8) is 0 Å². The molecule has 0 radical (unpaired) electrons. The van der Waals surface area contributed by atoms with Crippen LogP contribution in [0.25, 0.3) is 0 Å². The summed E-state index contributed by atoms with van der Waals surface area (Å²) in [6.07, 6.45) is 3.80. The quantitative estimate of drug-likeness (QED) is 0.564. The standard InChI is InChI=1S/C14H22N4O3S/c19-12(16-8-14(9-16)3-5-15-6-4-14)11-2-1-10-7-17(11)13(20)18(10)21-22/h10-11,15,22H,1-9H2/t10-,11+/m1/s1. The SMILES string of the molecule is O=C([C@@H]1CC[C@@H]2CN1C(=O)N2OS)N1CC2(CCNCC2)C1. The van der Waals surface area contributed by atoms with E-state index in [1.807, 2.05) is 4.90 Å². The highest BCUT2D eigenvalue weighted by molar-refractivity contribution is 7.75. The average molecular weight is 326 g/mol. The molecule has 7 nitrogen and oxygen atoms in total. The number of hydrogen-bond donors (Lipinski definition) is 2. The number of piperidine rings is 2. The van der Waals surface area contributed by atoms with E-state index in [1.165, 1.54) is 5.06 Å². The molecule has 0 aromatic heterocycles. The van der Waals surface area contributed by atoms with Gasteiger partial charge in [0, 0.05) is 38.0 Å². The number of hydroxylamine groups is 2. The Balaban J connectivity index is 1.41. The van der Waals surface area contributed by atoms with Crippen molar-refractivity contribution >= 4 is 24.8 Å². The first-order chi connectivity index (χ1) is 10.6. The first-order valence-electron chi connectivity index (χ1n) is 8.04. The third-order valence-electron chi connectivity index (χ3n) is 5.72. The van der Waals surface area contributed by atoms with E-state index in [-0.39, 0.29) is 24.0 Å². The molecule has 1 spiro atoms. The summed E-state index contributed by atoms with van der Waals surface area (Å²) in [6.45, 7) is 4.36. The molecule has 2 atom stereocenters. The van der Waals surface area contributed by atoms with Gasteiger partial charge < -0.3 is 15.1 Å². The summed E-state index contributed by atoms with van der Waals surface area (Å²) in [7, 11) is 0. The predicted molar refractivity (Wildman–Crippen MR) is 81.9 cm³/mol. The highest BCUT2D eigenvalue weighted by Gasteiger charge is 2.52. The zero-order chi connectivity index (χ0) is 15.3. The van der Waals surface area contributed by atoms with Crippen LogP contribution in [0.4, 0.5) is 4.79 Å². The Hall–Kier alpha value is -0.990. The number of fused-ring (bicyclic) bond motifs is 2. The molecule has 0 saturated carbocycles. The minimum atomic E-state index is -0.323. The molecule has 4 aliphatic rings. The van der Waals surface area contributed by atoms with Crippen molar-refractivity contribution in [3.8, 4) is 0 Å². The van der Waals surface area contributed by atoms with E-state index < -0.39 is 0 Å². The van der Waals surface area contributed by atoms with Crippen molar-refractivity contribution < 1.29 is 13.9 Å². The maximum atomic E-state index is 12.8. The smallest absolute Gasteiger partial charge is 0.340 e. The number of carbonyl (C=O) groups excluding carboxylic acids is 2. The zero-order valence-electron chi connectivity index (χ0n) is 12.5. The predicted octanol–water partition coefficient (Wildman–Crippen LogP) is 0.243. The average Bonchev–Trinajstić information content (AvgIpc) is 2.76. The summed E-state index contributed by atoms with van der Waals surface area (Å²) in [5.74, 6) is 0.108. The summed E-state index contributed by atoms with van der Waals surface area (Å²) < 4.78 is 4.86. The number of nitrogens with one attached hydrogen (secondary N) is 1. The highest BCUT2D eigenvalue weighted by atomic mass is 32.1. The molecule has 22 heavy (non-hydrogen) atoms. The topological polar surface area (TPSA) is 65.1 Å². The van der Waals surface area contributed by atoms with Crippen LogP contribution >= 0.6 is 12.9 Å². The second-order valence-electron chi connectivity index (χ2n) is 7.03. The molecule has 4 aliphatic heterocycles. The molecule has 0 aliphatic carbocycles. The number of urea groups is 1. The van der Waals surface area contributed by atoms with E-state index in [0.29, 0.717) is 18.4 Å². The summed E-state index contributed by atoms with van der Waals surface area (Å²) in [6, 6.07) is -0.523. The Bertz CT molecular complexity index is 488. The van der Waals surface area contributed by atoms with Crippen molar-refractivity contribution in [2.45, 2.75) is 37.8 Å². The molecule has 4 heterocycles. The van der Waals surface area contributed by atoms with Crippen LogP contribution in [0.2, 0.25) is 0 Å². The Morgan fingerprint density at radius 1 is 1.27 bits per heavy atom. The monoisotopic (exact) mass is 326 g/mol. The van der Waals surface area contributed by atoms with Gasteiger partial charge in [0.2, 0.25) is 5.91 Å². The molecular weight excluding hydrogens is 304 g/mol. The third-order valence-corrected chi connectivity index (χ3v) is 5.90. The first-order valence-corrected chi connectivity index (χ1v) is 8.41. The molecule has 122 valence electrons. The fourth-order valence-corrected chi connectivity index (χ4v) is 4.60. The lowest BCUT2D eigenvalue weighted by molar-refractivity contribution is -0.150. The molecule has 4 fully saturated rings. The summed E-state index contributed by atoms with van der Waals surface area (Å²) in [4.78, 5) is 28.6. The Labute approximate surface area is 135 Å². The lowest BCUT2D eigenvalue weighted by Crippen LogP contribution is -2.65. The highest BCUT2D eigenvalue weighted by Crippen LogP contribution is 2.40. The fraction of sp³-hybridized carbons (Fsp3) is 0.857. The largest absolute Gasteiger partial charge is 0.345 e. The van der Waals surface area contributed by atoms with Gasteiger partial charge in [-0.15, -0.1) is 0 Å². The summed E-state index contributed by atoms with van der Waals surface area (Å²) >= 11 is 3.75. The summed E-state index contributed by atoms with van der Waals surface area (Å²) in [5, 5.41) is 4.66. The second-order valence-corrected chi connectivity index (χ2v) is 7.20. The van der Waals surface area contributed by atoms with E-state index in [9.17, 15) is 9.59 Å². The van der Waals surface area contributed by atoms with Gasteiger partial charge in [-0.3, -0.25) is 4.79 Å². The van der Waals surface area contributed by atoms with E-state index >= 15 is 0 Å². The van der Waals surface area contributed by atoms with Crippen LogP contribution in [0.3, 0.4) is 0 Å². The molecule has 0 unspecified atom stereocenters. The normalized spacial score (nSPS) is 33.3. The summed E-state index contributed by atoms with van der Waals surface area (Å²) in [5.41, 5.74) is 0.327. The number of rotatable bonds is 2. The molecule has 8 heteroatoms. The van der Waals surface area contributed by atoms with Crippen LogP contribution in [0.15, 0.2) is 0 Å². The van der Waals surface area contributed by atoms with Crippen LogP contribution in [-0.4, -0.2) is 71.6 Å². The van der Waals surface area contributed by atoms with Gasteiger partial charge >= 0.3 is 6.03 Å². The van der Waals surface area contributed by atoms with E-state index in [4.69, 9.17) is 4.28 Å². The Kier molecular flexibility index (Phi) is 3.50. The van der Waals surface area contributed by atoms with Crippen molar-refractivity contribution in [2.75, 3.05) is 32.7 Å². The molecule has 3 amide bonds. The molecule has 2 bridgehead atoms. The number of carbonyl (C=O) groups is 2. The van der Waals surface area contributed by atoms with E-state index in [2.05, 4.69) is 18.2 Å². The molecule has 0 aromatic carbocycles. The Morgan fingerprint density at radius 2 is 2.00 bits per heavy atom. The first kappa shape index (κ1) is 14.6. The maximum absolute atomic E-state index is 12.8. The van der Waals surface area contributed by atoms with E-state index in [0.717, 1.165) is 45.4 Å². The number of nitrogens with zero attached hydrogens (tertiary/aromatic N) is 3. The minimum absolute atomic E-state index is 0.0289. The van der Waals surface area contributed by atoms with Crippen LogP contribution in [-0.2, 0) is 9.08 Å². The van der Waals surface area contributed by atoms with Crippen LogP contribution < -0.4 is 5.32 Å². The fourth-order valence-electron chi connectivity index (χ4n) is 4.40. The number of likely N-dealkylation sites (tertiary alicyclic amines) is 1. The van der Waals surface area contributed by atoms with Gasteiger partial charge in [0.05, 0.1) is 6.04 Å². The molecular formula is C14H22N4O3S. The van der Waals surface area contributed by atoms with Gasteiger partial charge in [-0.2, -0.15) is 5.06 Å². The van der Waals surface area contributed by atoms with Crippen molar-refractivity contribution in [1.29, 1.82) is 0 Å². The van der Waals surface area contributed by atoms with Gasteiger partial charge in [-0.25, -0.2) is 9.08 Å². The lowest BCUT2D eigenvalue weighted by atomic mass is 9.72. The maximum Gasteiger partial charge on any atom is 0.345 e. The van der Waals surface area contributed by atoms with Crippen molar-refractivity contribution in [1.82, 2.24) is 20.2 Å². The van der Waals surface area contributed by atoms with Crippen LogP contribution in [0.1, 0.15) is 25.7 Å². The zero-order valence-corrected chi connectivity index (χ0v) is 13.4. The van der Waals surface area contributed by atoms with Gasteiger partial charge in [-0.1, -0.05) is 0 Å².